The summed E-state index contributed by atoms with van der Waals surface area (Å²) < 4.78 is 0. The molecule has 0 saturated carbocycles. The molecule has 0 aromatic heterocycles. The fourth-order valence-corrected chi connectivity index (χ4v) is 0.400. The van der Waals surface area contributed by atoms with Crippen molar-refractivity contribution < 1.29 is 4.79 Å². The molecule has 5 nitrogen and oxygen atoms in total. The molecular formula is C4H8ClN3O2. The van der Waals surface area contributed by atoms with Crippen LogP contribution in [0.1, 0.15) is 0 Å². The van der Waals surface area contributed by atoms with Crippen molar-refractivity contribution in [3.05, 3.63) is 4.91 Å². The van der Waals surface area contributed by atoms with Gasteiger partial charge in [0.2, 0.25) is 0 Å². The lowest BCUT2D eigenvalue weighted by Crippen LogP contribution is -2.34. The standard InChI is InChI=1S/C4H8ClN3O2/c1-8(7-10)4(9)6-3-2-5/h2-3H2,1H3,(H,6,9). The quantitative estimate of drug-likeness (QED) is 0.377. The van der Waals surface area contributed by atoms with Crippen LogP contribution >= 0.6 is 11.6 Å². The van der Waals surface area contributed by atoms with E-state index in [-0.39, 0.29) is 0 Å². The zero-order valence-electron chi connectivity index (χ0n) is 5.50. The smallest absolute Gasteiger partial charge is 0.335 e. The summed E-state index contributed by atoms with van der Waals surface area (Å²) in [6.45, 7) is 0.334. The summed E-state index contributed by atoms with van der Waals surface area (Å²) in [6, 6.07) is -0.546. The SMILES string of the molecule is CN(N=O)C(=O)NCCCl. The predicted octanol–water partition coefficient (Wildman–Crippen LogP) is 0.548. The van der Waals surface area contributed by atoms with Gasteiger partial charge in [-0.2, -0.15) is 5.01 Å². The van der Waals surface area contributed by atoms with E-state index in [4.69, 9.17) is 11.6 Å². The zero-order valence-corrected chi connectivity index (χ0v) is 6.26. The van der Waals surface area contributed by atoms with Gasteiger partial charge in [-0.3, -0.25) is 0 Å². The van der Waals surface area contributed by atoms with E-state index < -0.39 is 6.03 Å². The molecule has 0 atom stereocenters. The fourth-order valence-electron chi connectivity index (χ4n) is 0.306. The number of urea groups is 1. The van der Waals surface area contributed by atoms with Gasteiger partial charge in [-0.05, 0) is 0 Å². The van der Waals surface area contributed by atoms with Crippen molar-refractivity contribution in [2.75, 3.05) is 19.5 Å². The topological polar surface area (TPSA) is 61.8 Å². The number of nitroso groups, excluding NO2 is 1. The molecule has 0 saturated heterocycles. The highest BCUT2D eigenvalue weighted by Gasteiger charge is 2.04. The average Bonchev–Trinajstić information content (AvgIpc) is 1.98. The molecule has 58 valence electrons. The van der Waals surface area contributed by atoms with Crippen molar-refractivity contribution in [2.45, 2.75) is 0 Å². The molecule has 2 amide bonds. The van der Waals surface area contributed by atoms with Crippen LogP contribution in [0.2, 0.25) is 0 Å². The van der Waals surface area contributed by atoms with E-state index >= 15 is 0 Å². The summed E-state index contributed by atoms with van der Waals surface area (Å²) in [4.78, 5) is 20.3. The molecular weight excluding hydrogens is 158 g/mol. The molecule has 0 rings (SSSR count). The van der Waals surface area contributed by atoms with E-state index in [1.165, 1.54) is 7.05 Å². The molecule has 0 fully saturated rings. The Labute approximate surface area is 63.3 Å². The maximum Gasteiger partial charge on any atom is 0.340 e. The Morgan fingerprint density at radius 1 is 1.80 bits per heavy atom. The van der Waals surface area contributed by atoms with Gasteiger partial charge in [0.05, 0.1) is 5.29 Å². The van der Waals surface area contributed by atoms with Crippen molar-refractivity contribution in [3.63, 3.8) is 0 Å². The number of carbonyl (C=O) groups excluding carboxylic acids is 1. The minimum atomic E-state index is -0.546. The molecule has 0 heterocycles. The van der Waals surface area contributed by atoms with Gasteiger partial charge in [0.1, 0.15) is 0 Å². The molecule has 0 unspecified atom stereocenters. The largest absolute Gasteiger partial charge is 0.340 e. The van der Waals surface area contributed by atoms with Gasteiger partial charge in [-0.1, -0.05) is 0 Å². The molecule has 0 radical (unpaired) electrons. The minimum Gasteiger partial charge on any atom is -0.335 e. The third kappa shape index (κ3) is 3.24. The lowest BCUT2D eigenvalue weighted by atomic mass is 10.7. The summed E-state index contributed by atoms with van der Waals surface area (Å²) >= 11 is 5.25. The summed E-state index contributed by atoms with van der Waals surface area (Å²) in [5.41, 5.74) is 0. The van der Waals surface area contributed by atoms with E-state index in [2.05, 4.69) is 10.6 Å². The highest BCUT2D eigenvalue weighted by Crippen LogP contribution is 1.82. The van der Waals surface area contributed by atoms with Crippen molar-refractivity contribution in [2.24, 2.45) is 5.29 Å². The van der Waals surface area contributed by atoms with Crippen LogP contribution in [0.15, 0.2) is 5.29 Å². The second kappa shape index (κ2) is 4.99. The molecule has 0 aromatic carbocycles. The van der Waals surface area contributed by atoms with Gasteiger partial charge in [0.15, 0.2) is 0 Å². The Morgan fingerprint density at radius 3 is 2.80 bits per heavy atom. The molecule has 0 spiro atoms. The molecule has 0 aromatic rings. The Hall–Kier alpha value is -0.840. The Balaban J connectivity index is 3.51. The van der Waals surface area contributed by atoms with Crippen LogP contribution in [0.4, 0.5) is 4.79 Å². The Morgan fingerprint density at radius 2 is 2.40 bits per heavy atom. The van der Waals surface area contributed by atoms with Gasteiger partial charge in [-0.15, -0.1) is 16.5 Å². The number of hydrogen-bond acceptors (Lipinski definition) is 3. The summed E-state index contributed by atoms with van der Waals surface area (Å²) in [5.74, 6) is 0.318. The first-order valence-corrected chi connectivity index (χ1v) is 3.16. The number of amides is 2. The fraction of sp³-hybridized carbons (Fsp3) is 0.750. The van der Waals surface area contributed by atoms with Crippen LogP contribution in [0, 0.1) is 4.91 Å². The van der Waals surface area contributed by atoms with E-state index in [9.17, 15) is 9.70 Å². The number of alkyl halides is 1. The second-order valence-electron chi connectivity index (χ2n) is 1.53. The maximum absolute atomic E-state index is 10.6. The summed E-state index contributed by atoms with van der Waals surface area (Å²) in [5, 5.41) is 5.37. The number of nitrogens with zero attached hydrogens (tertiary/aromatic N) is 2. The van der Waals surface area contributed by atoms with Crippen molar-refractivity contribution in [3.8, 4) is 0 Å². The predicted molar refractivity (Wildman–Crippen MR) is 37.7 cm³/mol. The Kier molecular flexibility index (Phi) is 4.57. The number of nitrogens with one attached hydrogen (secondary N) is 1. The number of carbonyl (C=O) groups is 1. The lowest BCUT2D eigenvalue weighted by molar-refractivity contribution is 0.211. The minimum absolute atomic E-state index is 0.318. The van der Waals surface area contributed by atoms with Crippen LogP contribution in [0.25, 0.3) is 0 Å². The van der Waals surface area contributed by atoms with Gasteiger partial charge in [0.25, 0.3) is 0 Å². The summed E-state index contributed by atoms with van der Waals surface area (Å²) in [6.07, 6.45) is 0. The van der Waals surface area contributed by atoms with E-state index in [0.29, 0.717) is 17.4 Å². The number of rotatable bonds is 3. The highest BCUT2D eigenvalue weighted by molar-refractivity contribution is 6.18. The van der Waals surface area contributed by atoms with E-state index in [0.717, 1.165) is 0 Å². The van der Waals surface area contributed by atoms with Gasteiger partial charge in [-0.25, -0.2) is 4.79 Å². The van der Waals surface area contributed by atoms with Crippen molar-refractivity contribution in [1.29, 1.82) is 0 Å². The maximum atomic E-state index is 10.6. The molecule has 0 bridgehead atoms. The third-order valence-corrected chi connectivity index (χ3v) is 0.976. The first-order chi connectivity index (χ1) is 4.72. The average molecular weight is 166 g/mol. The van der Waals surface area contributed by atoms with Crippen molar-refractivity contribution in [1.82, 2.24) is 10.3 Å². The first-order valence-electron chi connectivity index (χ1n) is 2.63. The number of halogens is 1. The third-order valence-electron chi connectivity index (χ3n) is 0.787. The van der Waals surface area contributed by atoms with Crippen LogP contribution in [0.5, 0.6) is 0 Å². The van der Waals surface area contributed by atoms with Gasteiger partial charge < -0.3 is 5.32 Å². The van der Waals surface area contributed by atoms with Crippen LogP contribution in [-0.4, -0.2) is 30.5 Å². The highest BCUT2D eigenvalue weighted by atomic mass is 35.5. The lowest BCUT2D eigenvalue weighted by Gasteiger charge is -2.06. The first kappa shape index (κ1) is 9.16. The second-order valence-corrected chi connectivity index (χ2v) is 1.90. The van der Waals surface area contributed by atoms with Crippen LogP contribution < -0.4 is 5.32 Å². The van der Waals surface area contributed by atoms with Crippen LogP contribution in [-0.2, 0) is 0 Å². The monoisotopic (exact) mass is 165 g/mol. The molecule has 0 aliphatic heterocycles. The normalized spacial score (nSPS) is 8.60. The van der Waals surface area contributed by atoms with E-state index in [1.807, 2.05) is 0 Å². The Bertz CT molecular complexity index is 130. The van der Waals surface area contributed by atoms with E-state index in [1.54, 1.807) is 0 Å². The van der Waals surface area contributed by atoms with Gasteiger partial charge >= 0.3 is 6.03 Å². The molecule has 6 heteroatoms. The van der Waals surface area contributed by atoms with Crippen LogP contribution in [0.3, 0.4) is 0 Å². The molecule has 1 N–H and O–H groups in total. The summed E-state index contributed by atoms with van der Waals surface area (Å²) in [7, 11) is 1.26. The zero-order chi connectivity index (χ0) is 7.98. The van der Waals surface area contributed by atoms with Gasteiger partial charge in [0, 0.05) is 19.5 Å². The van der Waals surface area contributed by atoms with Crippen molar-refractivity contribution >= 4 is 17.6 Å². The molecule has 0 aliphatic rings. The molecule has 0 aliphatic carbocycles. The molecule has 10 heavy (non-hydrogen) atoms. The number of hydrogen-bond donors (Lipinski definition) is 1.